The van der Waals surface area contributed by atoms with Crippen molar-refractivity contribution in [2.45, 2.75) is 19.3 Å². The van der Waals surface area contributed by atoms with Crippen LogP contribution in [0.3, 0.4) is 0 Å². The van der Waals surface area contributed by atoms with Gasteiger partial charge in [-0.15, -0.1) is 0 Å². The van der Waals surface area contributed by atoms with E-state index >= 15 is 0 Å². The van der Waals surface area contributed by atoms with Gasteiger partial charge in [-0.05, 0) is 18.6 Å². The van der Waals surface area contributed by atoms with Gasteiger partial charge in [-0.25, -0.2) is 0 Å². The Morgan fingerprint density at radius 3 is 2.71 bits per heavy atom. The molecule has 21 heavy (non-hydrogen) atoms. The van der Waals surface area contributed by atoms with Gasteiger partial charge in [0.2, 0.25) is 11.8 Å². The predicted molar refractivity (Wildman–Crippen MR) is 73.6 cm³/mol. The highest BCUT2D eigenvalue weighted by molar-refractivity contribution is 6.08. The van der Waals surface area contributed by atoms with E-state index in [0.717, 1.165) is 0 Å². The summed E-state index contributed by atoms with van der Waals surface area (Å²) >= 11 is 0. The number of amides is 2. The van der Waals surface area contributed by atoms with Crippen molar-refractivity contribution < 1.29 is 23.9 Å². The van der Waals surface area contributed by atoms with E-state index in [9.17, 15) is 14.4 Å². The Labute approximate surface area is 122 Å². The number of ether oxygens (including phenoxy) is 2. The van der Waals surface area contributed by atoms with Crippen LogP contribution in [0.25, 0.3) is 0 Å². The molecule has 0 spiro atoms. The minimum Gasteiger partial charge on any atom is -0.496 e. The second-order valence-corrected chi connectivity index (χ2v) is 4.69. The molecule has 1 saturated heterocycles. The van der Waals surface area contributed by atoms with Crippen molar-refractivity contribution in [2.24, 2.45) is 5.92 Å². The number of methoxy groups -OCH3 is 1. The lowest BCUT2D eigenvalue weighted by atomic mass is 9.80. The Balaban J connectivity index is 2.42. The first-order valence-corrected chi connectivity index (χ1v) is 6.71. The van der Waals surface area contributed by atoms with Gasteiger partial charge in [0.1, 0.15) is 11.7 Å². The van der Waals surface area contributed by atoms with E-state index in [-0.39, 0.29) is 13.0 Å². The summed E-state index contributed by atoms with van der Waals surface area (Å²) in [5, 5.41) is 2.19. The zero-order valence-corrected chi connectivity index (χ0v) is 11.9. The van der Waals surface area contributed by atoms with Crippen molar-refractivity contribution in [3.63, 3.8) is 0 Å². The first-order valence-electron chi connectivity index (χ1n) is 6.71. The Morgan fingerprint density at radius 2 is 2.05 bits per heavy atom. The van der Waals surface area contributed by atoms with Crippen molar-refractivity contribution in [3.05, 3.63) is 29.8 Å². The number of hydrogen-bond donors (Lipinski definition) is 1. The molecule has 0 aromatic heterocycles. The molecule has 1 aliphatic rings. The number of piperidine rings is 1. The lowest BCUT2D eigenvalue weighted by Crippen LogP contribution is -2.48. The van der Waals surface area contributed by atoms with Gasteiger partial charge in [-0.1, -0.05) is 18.2 Å². The number of carbonyl (C=O) groups excluding carboxylic acids is 3. The van der Waals surface area contributed by atoms with E-state index in [1.807, 2.05) is 0 Å². The molecule has 2 amide bonds. The Bertz CT molecular complexity index is 569. The van der Waals surface area contributed by atoms with Gasteiger partial charge < -0.3 is 9.47 Å². The van der Waals surface area contributed by atoms with E-state index in [0.29, 0.717) is 11.3 Å². The zero-order chi connectivity index (χ0) is 15.4. The molecule has 2 atom stereocenters. The normalized spacial score (nSPS) is 21.6. The van der Waals surface area contributed by atoms with E-state index in [2.05, 4.69) is 5.32 Å². The average molecular weight is 291 g/mol. The molecule has 1 heterocycles. The van der Waals surface area contributed by atoms with Crippen molar-refractivity contribution in [2.75, 3.05) is 13.7 Å². The Hall–Kier alpha value is -2.37. The monoisotopic (exact) mass is 291 g/mol. The Kier molecular flexibility index (Phi) is 4.57. The van der Waals surface area contributed by atoms with Crippen LogP contribution >= 0.6 is 0 Å². The molecule has 1 N–H and O–H groups in total. The summed E-state index contributed by atoms with van der Waals surface area (Å²) < 4.78 is 10.2. The smallest absolute Gasteiger partial charge is 0.319 e. The van der Waals surface area contributed by atoms with Gasteiger partial charge in [0.05, 0.1) is 13.7 Å². The quantitative estimate of drug-likeness (QED) is 0.508. The number of rotatable bonds is 4. The van der Waals surface area contributed by atoms with Crippen LogP contribution in [0.2, 0.25) is 0 Å². The molecule has 0 bridgehead atoms. The standard InChI is InChI=1S/C15H17NO5/c1-3-21-15(19)13-10(8-12(17)16-14(13)18)9-6-4-5-7-11(9)20-2/h4-7,10,13H,3,8H2,1-2H3,(H,16,17,18)/t10-,13-/m1/s1. The topological polar surface area (TPSA) is 81.7 Å². The molecular weight excluding hydrogens is 274 g/mol. The molecule has 6 nitrogen and oxygen atoms in total. The van der Waals surface area contributed by atoms with Crippen LogP contribution in [0.5, 0.6) is 5.75 Å². The zero-order valence-electron chi connectivity index (χ0n) is 11.9. The minimum atomic E-state index is -1.04. The van der Waals surface area contributed by atoms with E-state index < -0.39 is 29.6 Å². The lowest BCUT2D eigenvalue weighted by molar-refractivity contribution is -0.155. The molecule has 1 aliphatic heterocycles. The van der Waals surface area contributed by atoms with Gasteiger partial charge in [0, 0.05) is 12.3 Å². The molecule has 1 aromatic rings. The maximum Gasteiger partial charge on any atom is 0.319 e. The van der Waals surface area contributed by atoms with Gasteiger partial charge in [0.15, 0.2) is 0 Å². The van der Waals surface area contributed by atoms with Crippen LogP contribution in [0, 0.1) is 5.92 Å². The summed E-state index contributed by atoms with van der Waals surface area (Å²) in [7, 11) is 1.50. The van der Waals surface area contributed by atoms with E-state index in [1.165, 1.54) is 7.11 Å². The van der Waals surface area contributed by atoms with Crippen LogP contribution in [-0.4, -0.2) is 31.5 Å². The maximum absolute atomic E-state index is 12.1. The summed E-state index contributed by atoms with van der Waals surface area (Å²) in [4.78, 5) is 35.8. The fraction of sp³-hybridized carbons (Fsp3) is 0.400. The third-order valence-electron chi connectivity index (χ3n) is 3.43. The highest BCUT2D eigenvalue weighted by atomic mass is 16.5. The SMILES string of the molecule is CCOC(=O)[C@H]1C(=O)NC(=O)C[C@@H]1c1ccccc1OC. The molecule has 1 aromatic carbocycles. The minimum absolute atomic E-state index is 0.0373. The molecule has 6 heteroatoms. The van der Waals surface area contributed by atoms with Crippen molar-refractivity contribution in [1.29, 1.82) is 0 Å². The Morgan fingerprint density at radius 1 is 1.33 bits per heavy atom. The highest BCUT2D eigenvalue weighted by Crippen LogP contribution is 2.37. The van der Waals surface area contributed by atoms with Crippen LogP contribution < -0.4 is 10.1 Å². The van der Waals surface area contributed by atoms with Gasteiger partial charge in [0.25, 0.3) is 0 Å². The van der Waals surface area contributed by atoms with Crippen LogP contribution in [-0.2, 0) is 19.1 Å². The van der Waals surface area contributed by atoms with Crippen molar-refractivity contribution in [1.82, 2.24) is 5.32 Å². The number of nitrogens with one attached hydrogen (secondary N) is 1. The van der Waals surface area contributed by atoms with Gasteiger partial charge in [-0.2, -0.15) is 0 Å². The molecule has 2 rings (SSSR count). The van der Waals surface area contributed by atoms with Crippen LogP contribution in [0.4, 0.5) is 0 Å². The third-order valence-corrected chi connectivity index (χ3v) is 3.43. The maximum atomic E-state index is 12.1. The molecule has 0 aliphatic carbocycles. The second kappa shape index (κ2) is 6.39. The number of imide groups is 1. The number of para-hydroxylation sites is 1. The molecule has 1 fully saturated rings. The summed E-state index contributed by atoms with van der Waals surface area (Å²) in [6, 6.07) is 7.04. The third kappa shape index (κ3) is 3.04. The number of hydrogen-bond acceptors (Lipinski definition) is 5. The fourth-order valence-electron chi connectivity index (χ4n) is 2.53. The van der Waals surface area contributed by atoms with E-state index in [1.54, 1.807) is 31.2 Å². The second-order valence-electron chi connectivity index (χ2n) is 4.69. The lowest BCUT2D eigenvalue weighted by Gasteiger charge is -2.29. The van der Waals surface area contributed by atoms with Gasteiger partial charge in [-0.3, -0.25) is 19.7 Å². The fourth-order valence-corrected chi connectivity index (χ4v) is 2.53. The number of esters is 1. The van der Waals surface area contributed by atoms with Gasteiger partial charge >= 0.3 is 5.97 Å². The van der Waals surface area contributed by atoms with Crippen LogP contribution in [0.15, 0.2) is 24.3 Å². The van der Waals surface area contributed by atoms with Crippen LogP contribution in [0.1, 0.15) is 24.8 Å². The molecule has 0 unspecified atom stereocenters. The number of carbonyl (C=O) groups is 3. The highest BCUT2D eigenvalue weighted by Gasteiger charge is 2.43. The average Bonchev–Trinajstić information content (AvgIpc) is 2.46. The van der Waals surface area contributed by atoms with Crippen molar-refractivity contribution >= 4 is 17.8 Å². The largest absolute Gasteiger partial charge is 0.496 e. The summed E-state index contributed by atoms with van der Waals surface area (Å²) in [5.41, 5.74) is 0.654. The first-order chi connectivity index (χ1) is 10.1. The molecule has 112 valence electrons. The summed E-state index contributed by atoms with van der Waals surface area (Å²) in [6.45, 7) is 1.84. The molecule has 0 radical (unpaired) electrons. The first kappa shape index (κ1) is 15.0. The van der Waals surface area contributed by atoms with Crippen molar-refractivity contribution in [3.8, 4) is 5.75 Å². The number of benzene rings is 1. The summed E-state index contributed by atoms with van der Waals surface area (Å²) in [5.74, 6) is -2.74. The predicted octanol–water partition coefficient (Wildman–Crippen LogP) is 1.00. The van der Waals surface area contributed by atoms with E-state index in [4.69, 9.17) is 9.47 Å². The summed E-state index contributed by atoms with van der Waals surface area (Å²) in [6.07, 6.45) is 0.0373. The molecular formula is C15H17NO5. The molecule has 0 saturated carbocycles.